The van der Waals surface area contributed by atoms with Crippen LogP contribution in [0.15, 0.2) is 33.6 Å². The molecule has 0 saturated heterocycles. The second-order valence-electron chi connectivity index (χ2n) is 4.11. The van der Waals surface area contributed by atoms with E-state index in [4.69, 9.17) is 5.73 Å². The fourth-order valence-electron chi connectivity index (χ4n) is 1.73. The molecule has 3 heteroatoms. The molecule has 1 nitrogen and oxygen atoms in total. The molecule has 1 aromatic carbocycles. The smallest absolute Gasteiger partial charge is 0.0243 e. The van der Waals surface area contributed by atoms with Crippen molar-refractivity contribution in [3.8, 4) is 0 Å². The SMILES string of the molecule is CCCC(C)C(CN)Sc1ccc(Br)cc1. The van der Waals surface area contributed by atoms with Crippen LogP contribution in [0.5, 0.6) is 0 Å². The van der Waals surface area contributed by atoms with Crippen molar-refractivity contribution in [2.24, 2.45) is 11.7 Å². The molecule has 0 bridgehead atoms. The van der Waals surface area contributed by atoms with E-state index in [9.17, 15) is 0 Å². The molecule has 2 unspecified atom stereocenters. The van der Waals surface area contributed by atoms with Crippen molar-refractivity contribution in [2.75, 3.05) is 6.54 Å². The number of rotatable bonds is 6. The highest BCUT2D eigenvalue weighted by molar-refractivity contribution is 9.10. The largest absolute Gasteiger partial charge is 0.329 e. The average molecular weight is 302 g/mol. The van der Waals surface area contributed by atoms with Crippen LogP contribution < -0.4 is 5.73 Å². The van der Waals surface area contributed by atoms with Crippen molar-refractivity contribution < 1.29 is 0 Å². The van der Waals surface area contributed by atoms with E-state index in [0.717, 1.165) is 11.0 Å². The lowest BCUT2D eigenvalue weighted by Crippen LogP contribution is -2.24. The van der Waals surface area contributed by atoms with Gasteiger partial charge in [-0.3, -0.25) is 0 Å². The van der Waals surface area contributed by atoms with Crippen LogP contribution in [-0.4, -0.2) is 11.8 Å². The summed E-state index contributed by atoms with van der Waals surface area (Å²) in [5.74, 6) is 0.684. The number of thioether (sulfide) groups is 1. The lowest BCUT2D eigenvalue weighted by Gasteiger charge is -2.21. The molecule has 16 heavy (non-hydrogen) atoms. The molecule has 0 fully saturated rings. The second-order valence-corrected chi connectivity index (χ2v) is 6.34. The maximum Gasteiger partial charge on any atom is 0.0243 e. The normalized spacial score (nSPS) is 14.8. The maximum atomic E-state index is 5.85. The third-order valence-electron chi connectivity index (χ3n) is 2.71. The first-order chi connectivity index (χ1) is 7.67. The maximum absolute atomic E-state index is 5.85. The molecule has 0 radical (unpaired) electrons. The molecule has 2 atom stereocenters. The van der Waals surface area contributed by atoms with Gasteiger partial charge in [0.25, 0.3) is 0 Å². The number of hydrogen-bond acceptors (Lipinski definition) is 2. The van der Waals surface area contributed by atoms with Crippen LogP contribution in [0, 0.1) is 5.92 Å². The third kappa shape index (κ3) is 4.48. The van der Waals surface area contributed by atoms with Gasteiger partial charge in [-0.1, -0.05) is 36.2 Å². The predicted octanol–water partition coefficient (Wildman–Crippen LogP) is 4.30. The Morgan fingerprint density at radius 2 is 1.94 bits per heavy atom. The first-order valence-corrected chi connectivity index (χ1v) is 7.47. The Morgan fingerprint density at radius 3 is 2.44 bits per heavy atom. The van der Waals surface area contributed by atoms with E-state index in [1.807, 2.05) is 11.8 Å². The Hall–Kier alpha value is 0.01000. The molecule has 0 aliphatic carbocycles. The van der Waals surface area contributed by atoms with Crippen molar-refractivity contribution in [2.45, 2.75) is 36.8 Å². The molecule has 90 valence electrons. The summed E-state index contributed by atoms with van der Waals surface area (Å²) in [7, 11) is 0. The van der Waals surface area contributed by atoms with Crippen LogP contribution in [0.2, 0.25) is 0 Å². The van der Waals surface area contributed by atoms with Gasteiger partial charge in [0.15, 0.2) is 0 Å². The van der Waals surface area contributed by atoms with E-state index in [0.29, 0.717) is 11.2 Å². The highest BCUT2D eigenvalue weighted by Crippen LogP contribution is 2.30. The van der Waals surface area contributed by atoms with Crippen molar-refractivity contribution in [3.05, 3.63) is 28.7 Å². The van der Waals surface area contributed by atoms with Gasteiger partial charge >= 0.3 is 0 Å². The molecule has 0 aliphatic heterocycles. The summed E-state index contributed by atoms with van der Waals surface area (Å²) in [6, 6.07) is 8.47. The van der Waals surface area contributed by atoms with Crippen LogP contribution in [0.4, 0.5) is 0 Å². The van der Waals surface area contributed by atoms with Gasteiger partial charge in [0.2, 0.25) is 0 Å². The summed E-state index contributed by atoms with van der Waals surface area (Å²) in [6.07, 6.45) is 2.49. The zero-order valence-corrected chi connectivity index (χ0v) is 12.4. The van der Waals surface area contributed by atoms with Crippen molar-refractivity contribution in [1.29, 1.82) is 0 Å². The van der Waals surface area contributed by atoms with E-state index >= 15 is 0 Å². The second kappa shape index (κ2) is 7.36. The summed E-state index contributed by atoms with van der Waals surface area (Å²) in [6.45, 7) is 5.28. The minimum Gasteiger partial charge on any atom is -0.329 e. The molecule has 0 heterocycles. The number of halogens is 1. The van der Waals surface area contributed by atoms with Gasteiger partial charge in [-0.15, -0.1) is 11.8 Å². The van der Waals surface area contributed by atoms with E-state index in [-0.39, 0.29) is 0 Å². The fraction of sp³-hybridized carbons (Fsp3) is 0.538. The van der Waals surface area contributed by atoms with E-state index in [1.54, 1.807) is 0 Å². The summed E-state index contributed by atoms with van der Waals surface area (Å²) in [5, 5.41) is 0.529. The number of nitrogens with two attached hydrogens (primary N) is 1. The quantitative estimate of drug-likeness (QED) is 0.793. The predicted molar refractivity (Wildman–Crippen MR) is 76.9 cm³/mol. The Morgan fingerprint density at radius 1 is 1.31 bits per heavy atom. The van der Waals surface area contributed by atoms with Crippen LogP contribution in [0.3, 0.4) is 0 Å². The lowest BCUT2D eigenvalue weighted by atomic mass is 10.0. The van der Waals surface area contributed by atoms with E-state index < -0.39 is 0 Å². The Bertz CT molecular complexity index is 299. The minimum absolute atomic E-state index is 0.529. The summed E-state index contributed by atoms with van der Waals surface area (Å²) >= 11 is 5.35. The Labute approximate surface area is 111 Å². The number of benzene rings is 1. The van der Waals surface area contributed by atoms with Gasteiger partial charge in [-0.25, -0.2) is 0 Å². The summed E-state index contributed by atoms with van der Waals surface area (Å²) in [4.78, 5) is 1.31. The van der Waals surface area contributed by atoms with Crippen LogP contribution in [-0.2, 0) is 0 Å². The van der Waals surface area contributed by atoms with E-state index in [1.165, 1.54) is 17.7 Å². The molecule has 0 aliphatic rings. The van der Waals surface area contributed by atoms with E-state index in [2.05, 4.69) is 54.0 Å². The molecule has 0 aromatic heterocycles. The Balaban J connectivity index is 2.59. The zero-order valence-electron chi connectivity index (χ0n) is 9.95. The molecule has 0 saturated carbocycles. The highest BCUT2D eigenvalue weighted by atomic mass is 79.9. The third-order valence-corrected chi connectivity index (χ3v) is 4.74. The molecule has 1 aromatic rings. The van der Waals surface area contributed by atoms with Crippen molar-refractivity contribution in [3.63, 3.8) is 0 Å². The van der Waals surface area contributed by atoms with Crippen LogP contribution in [0.25, 0.3) is 0 Å². The highest BCUT2D eigenvalue weighted by Gasteiger charge is 2.16. The van der Waals surface area contributed by atoms with Crippen molar-refractivity contribution >= 4 is 27.7 Å². The average Bonchev–Trinajstić information content (AvgIpc) is 2.28. The van der Waals surface area contributed by atoms with Crippen LogP contribution in [0.1, 0.15) is 26.7 Å². The first kappa shape index (κ1) is 14.1. The summed E-state index contributed by atoms with van der Waals surface area (Å²) < 4.78 is 1.13. The summed E-state index contributed by atoms with van der Waals surface area (Å²) in [5.41, 5.74) is 5.85. The molecule has 1 rings (SSSR count). The minimum atomic E-state index is 0.529. The molecular formula is C13H20BrNS. The van der Waals surface area contributed by atoms with Crippen molar-refractivity contribution in [1.82, 2.24) is 0 Å². The van der Waals surface area contributed by atoms with Gasteiger partial charge < -0.3 is 5.73 Å². The van der Waals surface area contributed by atoms with Gasteiger partial charge in [0.1, 0.15) is 0 Å². The monoisotopic (exact) mass is 301 g/mol. The van der Waals surface area contributed by atoms with Gasteiger partial charge in [0, 0.05) is 21.2 Å². The molecule has 2 N–H and O–H groups in total. The van der Waals surface area contributed by atoms with Gasteiger partial charge in [-0.2, -0.15) is 0 Å². The molecule has 0 spiro atoms. The van der Waals surface area contributed by atoms with Gasteiger partial charge in [-0.05, 0) is 36.6 Å². The standard InChI is InChI=1S/C13H20BrNS/c1-3-4-10(2)13(9-15)16-12-7-5-11(14)6-8-12/h5-8,10,13H,3-4,9,15H2,1-2H3. The molecular weight excluding hydrogens is 282 g/mol. The lowest BCUT2D eigenvalue weighted by molar-refractivity contribution is 0.505. The fourth-order valence-corrected chi connectivity index (χ4v) is 3.10. The Kier molecular flexibility index (Phi) is 6.47. The zero-order chi connectivity index (χ0) is 12.0. The number of hydrogen-bond donors (Lipinski definition) is 1. The first-order valence-electron chi connectivity index (χ1n) is 5.79. The van der Waals surface area contributed by atoms with Gasteiger partial charge in [0.05, 0.1) is 0 Å². The van der Waals surface area contributed by atoms with Crippen LogP contribution >= 0.6 is 27.7 Å². The molecule has 0 amide bonds. The topological polar surface area (TPSA) is 26.0 Å².